The molecule has 0 heterocycles. The van der Waals surface area contributed by atoms with Gasteiger partial charge in [-0.1, -0.05) is 55.0 Å². The van der Waals surface area contributed by atoms with Gasteiger partial charge in [0, 0.05) is 24.4 Å². The number of ether oxygens (including phenoxy) is 1. The average molecular weight is 463 g/mol. The SMILES string of the molecule is O=C(CC1CC(NC(=O)OCC2c3ccccc3-c3ccccc32)C1)N[C@H]1CCC[C@H]1C(=O)O. The first-order chi connectivity index (χ1) is 16.5. The van der Waals surface area contributed by atoms with Crippen molar-refractivity contribution in [3.8, 4) is 11.1 Å². The number of aliphatic carboxylic acids is 1. The van der Waals surface area contributed by atoms with Crippen LogP contribution >= 0.6 is 0 Å². The minimum Gasteiger partial charge on any atom is -0.481 e. The predicted molar refractivity (Wildman–Crippen MR) is 126 cm³/mol. The number of fused-ring (bicyclic) bond motifs is 3. The molecule has 0 spiro atoms. The summed E-state index contributed by atoms with van der Waals surface area (Å²) in [7, 11) is 0. The molecule has 0 aromatic heterocycles. The number of hydrogen-bond donors (Lipinski definition) is 3. The number of hydrogen-bond acceptors (Lipinski definition) is 4. The van der Waals surface area contributed by atoms with Crippen molar-refractivity contribution in [1.29, 1.82) is 0 Å². The molecule has 0 radical (unpaired) electrons. The molecular formula is C27H30N2O5. The van der Waals surface area contributed by atoms with E-state index in [2.05, 4.69) is 34.9 Å². The third-order valence-corrected chi connectivity index (χ3v) is 7.55. The van der Waals surface area contributed by atoms with Gasteiger partial charge in [0.15, 0.2) is 0 Å². The summed E-state index contributed by atoms with van der Waals surface area (Å²) in [4.78, 5) is 36.0. The maximum atomic E-state index is 12.4. The zero-order chi connectivity index (χ0) is 23.7. The van der Waals surface area contributed by atoms with Crippen molar-refractivity contribution < 1.29 is 24.2 Å². The topological polar surface area (TPSA) is 105 Å². The number of alkyl carbamates (subject to hydrolysis) is 1. The molecule has 3 aliphatic rings. The van der Waals surface area contributed by atoms with E-state index in [0.29, 0.717) is 12.8 Å². The molecule has 2 fully saturated rings. The number of amides is 2. The van der Waals surface area contributed by atoms with E-state index in [1.165, 1.54) is 22.3 Å². The molecule has 178 valence electrons. The molecule has 34 heavy (non-hydrogen) atoms. The second-order valence-corrected chi connectivity index (χ2v) is 9.76. The third-order valence-electron chi connectivity index (χ3n) is 7.55. The Bertz CT molecular complexity index is 1050. The summed E-state index contributed by atoms with van der Waals surface area (Å²) in [6.07, 6.45) is 3.57. The van der Waals surface area contributed by atoms with E-state index < -0.39 is 18.0 Å². The van der Waals surface area contributed by atoms with E-state index in [0.717, 1.165) is 25.7 Å². The van der Waals surface area contributed by atoms with Gasteiger partial charge in [0.25, 0.3) is 0 Å². The molecule has 7 nitrogen and oxygen atoms in total. The van der Waals surface area contributed by atoms with Crippen LogP contribution in [0.5, 0.6) is 0 Å². The second kappa shape index (κ2) is 9.49. The zero-order valence-electron chi connectivity index (χ0n) is 19.0. The number of carbonyl (C=O) groups is 3. The van der Waals surface area contributed by atoms with Crippen LogP contribution in [0.25, 0.3) is 11.1 Å². The van der Waals surface area contributed by atoms with Gasteiger partial charge < -0.3 is 20.5 Å². The summed E-state index contributed by atoms with van der Waals surface area (Å²) < 4.78 is 5.60. The molecule has 0 bridgehead atoms. The molecule has 5 rings (SSSR count). The standard InChI is InChI=1S/C27H30N2O5/c30-25(29-24-11-5-10-22(24)26(31)32)14-16-12-17(13-16)28-27(33)34-15-23-20-8-3-1-6-18(20)19-7-2-4-9-21(19)23/h1-4,6-9,16-17,22-24H,5,10-15H2,(H,28,33)(H,29,30)(H,31,32)/t16?,17?,22-,24+/m1/s1. The first-order valence-corrected chi connectivity index (χ1v) is 12.1. The third kappa shape index (κ3) is 4.52. The Hall–Kier alpha value is -3.35. The number of carbonyl (C=O) groups excluding carboxylic acids is 2. The van der Waals surface area contributed by atoms with Gasteiger partial charge in [-0.3, -0.25) is 9.59 Å². The number of nitrogens with one attached hydrogen (secondary N) is 2. The molecule has 3 N–H and O–H groups in total. The van der Waals surface area contributed by atoms with Gasteiger partial charge in [0.1, 0.15) is 6.61 Å². The molecule has 2 aromatic carbocycles. The summed E-state index contributed by atoms with van der Waals surface area (Å²) in [6.45, 7) is 0.282. The summed E-state index contributed by atoms with van der Waals surface area (Å²) >= 11 is 0. The Kier molecular flexibility index (Phi) is 6.26. The smallest absolute Gasteiger partial charge is 0.407 e. The number of rotatable bonds is 7. The van der Waals surface area contributed by atoms with Crippen LogP contribution in [0.1, 0.15) is 55.6 Å². The quantitative estimate of drug-likeness (QED) is 0.576. The van der Waals surface area contributed by atoms with Gasteiger partial charge in [-0.05, 0) is 53.9 Å². The Balaban J connectivity index is 1.06. The van der Waals surface area contributed by atoms with Crippen molar-refractivity contribution in [2.75, 3.05) is 6.61 Å². The molecule has 3 aliphatic carbocycles. The van der Waals surface area contributed by atoms with Gasteiger partial charge in [0.05, 0.1) is 5.92 Å². The van der Waals surface area contributed by atoms with Crippen molar-refractivity contribution in [3.63, 3.8) is 0 Å². The normalized spacial score (nSPS) is 25.1. The van der Waals surface area contributed by atoms with Crippen molar-refractivity contribution in [2.24, 2.45) is 11.8 Å². The molecule has 0 unspecified atom stereocenters. The monoisotopic (exact) mass is 462 g/mol. The number of carboxylic acid groups (broad SMARTS) is 1. The molecule has 0 saturated heterocycles. The lowest BCUT2D eigenvalue weighted by atomic mass is 9.78. The minimum atomic E-state index is -0.834. The lowest BCUT2D eigenvalue weighted by Gasteiger charge is -2.35. The van der Waals surface area contributed by atoms with E-state index >= 15 is 0 Å². The number of benzene rings is 2. The zero-order valence-corrected chi connectivity index (χ0v) is 19.0. The van der Waals surface area contributed by atoms with Crippen LogP contribution in [0.3, 0.4) is 0 Å². The highest BCUT2D eigenvalue weighted by atomic mass is 16.5. The molecule has 2 amide bonds. The number of carboxylic acids is 1. The predicted octanol–water partition coefficient (Wildman–Crippen LogP) is 4.06. The van der Waals surface area contributed by atoms with Gasteiger partial charge in [-0.2, -0.15) is 0 Å². The maximum absolute atomic E-state index is 12.4. The largest absolute Gasteiger partial charge is 0.481 e. The van der Waals surface area contributed by atoms with E-state index in [4.69, 9.17) is 4.74 Å². The first-order valence-electron chi connectivity index (χ1n) is 12.1. The van der Waals surface area contributed by atoms with Crippen molar-refractivity contribution >= 4 is 18.0 Å². The summed E-state index contributed by atoms with van der Waals surface area (Å²) in [5.74, 6) is -1.18. The lowest BCUT2D eigenvalue weighted by Crippen LogP contribution is -2.47. The minimum absolute atomic E-state index is 0.00620. The van der Waals surface area contributed by atoms with Gasteiger partial charge in [0.2, 0.25) is 5.91 Å². The highest BCUT2D eigenvalue weighted by Crippen LogP contribution is 2.44. The Morgan fingerprint density at radius 2 is 1.56 bits per heavy atom. The van der Waals surface area contributed by atoms with Gasteiger partial charge in [-0.25, -0.2) is 4.79 Å². The Labute approximate surface area is 198 Å². The molecular weight excluding hydrogens is 432 g/mol. The average Bonchev–Trinajstić information content (AvgIpc) is 3.39. The lowest BCUT2D eigenvalue weighted by molar-refractivity contribution is -0.142. The molecule has 2 saturated carbocycles. The highest BCUT2D eigenvalue weighted by molar-refractivity contribution is 5.80. The van der Waals surface area contributed by atoms with Crippen LogP contribution in [0.15, 0.2) is 48.5 Å². The van der Waals surface area contributed by atoms with Crippen LogP contribution in [-0.4, -0.2) is 41.8 Å². The summed E-state index contributed by atoms with van der Waals surface area (Å²) in [6, 6.07) is 16.2. The van der Waals surface area contributed by atoms with Crippen LogP contribution < -0.4 is 10.6 Å². The van der Waals surface area contributed by atoms with Crippen molar-refractivity contribution in [1.82, 2.24) is 10.6 Å². The maximum Gasteiger partial charge on any atom is 0.407 e. The van der Waals surface area contributed by atoms with E-state index in [-0.39, 0.29) is 36.4 Å². The fraction of sp³-hybridized carbons (Fsp3) is 0.444. The van der Waals surface area contributed by atoms with Crippen molar-refractivity contribution in [2.45, 2.75) is 56.5 Å². The molecule has 0 aliphatic heterocycles. The first kappa shape index (κ1) is 22.4. The van der Waals surface area contributed by atoms with Crippen LogP contribution in [0.4, 0.5) is 4.79 Å². The van der Waals surface area contributed by atoms with E-state index in [1.54, 1.807) is 0 Å². The van der Waals surface area contributed by atoms with Gasteiger partial charge in [-0.15, -0.1) is 0 Å². The molecule has 2 aromatic rings. The second-order valence-electron chi connectivity index (χ2n) is 9.76. The van der Waals surface area contributed by atoms with Crippen LogP contribution in [0.2, 0.25) is 0 Å². The Morgan fingerprint density at radius 3 is 2.21 bits per heavy atom. The molecule has 7 heteroatoms. The fourth-order valence-corrected chi connectivity index (χ4v) is 5.78. The Morgan fingerprint density at radius 1 is 0.912 bits per heavy atom. The van der Waals surface area contributed by atoms with E-state index in [9.17, 15) is 19.5 Å². The van der Waals surface area contributed by atoms with E-state index in [1.807, 2.05) is 24.3 Å². The fourth-order valence-electron chi connectivity index (χ4n) is 5.78. The highest BCUT2D eigenvalue weighted by Gasteiger charge is 2.36. The van der Waals surface area contributed by atoms with Crippen molar-refractivity contribution in [3.05, 3.63) is 59.7 Å². The summed E-state index contributed by atoms with van der Waals surface area (Å²) in [5, 5.41) is 15.1. The van der Waals surface area contributed by atoms with Crippen LogP contribution in [-0.2, 0) is 14.3 Å². The van der Waals surface area contributed by atoms with Crippen LogP contribution in [0, 0.1) is 11.8 Å². The summed E-state index contributed by atoms with van der Waals surface area (Å²) in [5.41, 5.74) is 4.75. The van der Waals surface area contributed by atoms with Gasteiger partial charge >= 0.3 is 12.1 Å². The molecule has 2 atom stereocenters.